The lowest BCUT2D eigenvalue weighted by atomic mass is 10.1. The highest BCUT2D eigenvalue weighted by atomic mass is 32.1. The Balaban J connectivity index is 1.90. The number of aromatic amines is 1. The van der Waals surface area contributed by atoms with E-state index in [1.54, 1.807) is 24.4 Å². The number of halogens is 1. The fourth-order valence-electron chi connectivity index (χ4n) is 2.73. The number of hydrogen-bond acceptors (Lipinski definition) is 4. The van der Waals surface area contributed by atoms with Crippen molar-refractivity contribution in [3.05, 3.63) is 58.8 Å². The van der Waals surface area contributed by atoms with E-state index in [2.05, 4.69) is 17.2 Å². The highest BCUT2D eigenvalue weighted by molar-refractivity contribution is 7.19. The van der Waals surface area contributed by atoms with Crippen LogP contribution in [0.1, 0.15) is 32.6 Å². The minimum atomic E-state index is -0.282. The first-order chi connectivity index (χ1) is 12.7. The molecule has 4 nitrogen and oxygen atoms in total. The zero-order valence-electron chi connectivity index (χ0n) is 14.7. The minimum absolute atomic E-state index is 0.157. The molecule has 2 aromatic heterocycles. The summed E-state index contributed by atoms with van der Waals surface area (Å²) in [7, 11) is 0. The number of hydrogen-bond donors (Lipinski definition) is 2. The van der Waals surface area contributed by atoms with E-state index in [1.807, 2.05) is 6.07 Å². The summed E-state index contributed by atoms with van der Waals surface area (Å²) in [5.74, 6) is -0.282. The van der Waals surface area contributed by atoms with Crippen LogP contribution < -0.4 is 10.9 Å². The van der Waals surface area contributed by atoms with E-state index in [-0.39, 0.29) is 11.4 Å². The summed E-state index contributed by atoms with van der Waals surface area (Å²) < 4.78 is 13.3. The van der Waals surface area contributed by atoms with E-state index in [9.17, 15) is 9.18 Å². The van der Waals surface area contributed by atoms with Gasteiger partial charge in [0.15, 0.2) is 5.13 Å². The van der Waals surface area contributed by atoms with Crippen molar-refractivity contribution < 1.29 is 4.39 Å². The third-order valence-corrected chi connectivity index (χ3v) is 5.15. The van der Waals surface area contributed by atoms with Crippen LogP contribution in [0.25, 0.3) is 21.7 Å². The van der Waals surface area contributed by atoms with Gasteiger partial charge < -0.3 is 10.3 Å². The van der Waals surface area contributed by atoms with Crippen LogP contribution in [0.4, 0.5) is 9.52 Å². The number of thiazole rings is 1. The first-order valence-corrected chi connectivity index (χ1v) is 9.69. The van der Waals surface area contributed by atoms with Crippen LogP contribution in [0.2, 0.25) is 0 Å². The van der Waals surface area contributed by atoms with Crippen molar-refractivity contribution >= 4 is 16.5 Å². The quantitative estimate of drug-likeness (QED) is 0.529. The fraction of sp³-hybridized carbons (Fsp3) is 0.300. The Hall–Kier alpha value is -2.47. The Morgan fingerprint density at radius 1 is 1.12 bits per heavy atom. The second-order valence-electron chi connectivity index (χ2n) is 6.13. The Morgan fingerprint density at radius 2 is 1.92 bits per heavy atom. The first kappa shape index (κ1) is 18.3. The van der Waals surface area contributed by atoms with Gasteiger partial charge in [-0.1, -0.05) is 37.5 Å². The van der Waals surface area contributed by atoms with Crippen LogP contribution in [0.5, 0.6) is 0 Å². The summed E-state index contributed by atoms with van der Waals surface area (Å²) in [6.45, 7) is 3.06. The van der Waals surface area contributed by atoms with Crippen molar-refractivity contribution in [1.29, 1.82) is 0 Å². The highest BCUT2D eigenvalue weighted by Crippen LogP contribution is 2.38. The number of rotatable bonds is 8. The molecule has 0 radical (unpaired) electrons. The average molecular weight is 371 g/mol. The lowest BCUT2D eigenvalue weighted by molar-refractivity contribution is 0.628. The van der Waals surface area contributed by atoms with Crippen molar-refractivity contribution in [3.63, 3.8) is 0 Å². The summed E-state index contributed by atoms with van der Waals surface area (Å²) in [5, 5.41) is 4.19. The predicted octanol–water partition coefficient (Wildman–Crippen LogP) is 5.30. The number of nitrogens with one attached hydrogen (secondary N) is 2. The monoisotopic (exact) mass is 371 g/mol. The molecular formula is C20H22FN3OS. The van der Waals surface area contributed by atoms with Gasteiger partial charge in [-0.2, -0.15) is 0 Å². The van der Waals surface area contributed by atoms with Crippen LogP contribution in [-0.4, -0.2) is 16.5 Å². The first-order valence-electron chi connectivity index (χ1n) is 8.87. The summed E-state index contributed by atoms with van der Waals surface area (Å²) in [6.07, 6.45) is 6.36. The standard InChI is InChI=1S/C20H22FN3OS/c1-2-3-4-5-11-23-20-24-18(14-6-8-16(21)9-7-14)19(26-20)15-10-12-22-17(25)13-15/h6-10,12-13H,2-5,11H2,1H3,(H,22,25)(H,23,24). The van der Waals surface area contributed by atoms with E-state index in [0.717, 1.165) is 39.8 Å². The van der Waals surface area contributed by atoms with E-state index >= 15 is 0 Å². The third kappa shape index (κ3) is 4.58. The third-order valence-electron chi connectivity index (χ3n) is 4.09. The average Bonchev–Trinajstić information content (AvgIpc) is 3.06. The van der Waals surface area contributed by atoms with Gasteiger partial charge in [0, 0.05) is 29.9 Å². The Morgan fingerprint density at radius 3 is 2.65 bits per heavy atom. The highest BCUT2D eigenvalue weighted by Gasteiger charge is 2.15. The van der Waals surface area contributed by atoms with Crippen molar-refractivity contribution in [1.82, 2.24) is 9.97 Å². The Labute approximate surface area is 156 Å². The Bertz CT molecular complexity index is 902. The maximum atomic E-state index is 13.3. The molecule has 0 spiro atoms. The molecule has 0 atom stereocenters. The topological polar surface area (TPSA) is 57.8 Å². The molecule has 3 aromatic rings. The van der Waals surface area contributed by atoms with Crippen molar-refractivity contribution in [2.45, 2.75) is 32.6 Å². The van der Waals surface area contributed by atoms with Crippen LogP contribution in [0.3, 0.4) is 0 Å². The summed E-state index contributed by atoms with van der Waals surface area (Å²) in [4.78, 5) is 19.9. The normalized spacial score (nSPS) is 10.8. The van der Waals surface area contributed by atoms with Crippen molar-refractivity contribution in [3.8, 4) is 21.7 Å². The minimum Gasteiger partial charge on any atom is -0.361 e. The SMILES string of the molecule is CCCCCCNc1nc(-c2ccc(F)cc2)c(-c2cc[nH]c(=O)c2)s1. The molecule has 136 valence electrons. The van der Waals surface area contributed by atoms with Crippen LogP contribution in [0, 0.1) is 5.82 Å². The number of anilines is 1. The van der Waals surface area contributed by atoms with Crippen LogP contribution >= 0.6 is 11.3 Å². The summed E-state index contributed by atoms with van der Waals surface area (Å²) >= 11 is 1.52. The largest absolute Gasteiger partial charge is 0.361 e. The molecule has 6 heteroatoms. The second-order valence-corrected chi connectivity index (χ2v) is 7.13. The van der Waals surface area contributed by atoms with Gasteiger partial charge in [-0.15, -0.1) is 0 Å². The zero-order valence-corrected chi connectivity index (χ0v) is 15.5. The molecule has 0 fully saturated rings. The molecular weight excluding hydrogens is 349 g/mol. The molecule has 2 heterocycles. The lowest BCUT2D eigenvalue weighted by Crippen LogP contribution is -2.01. The van der Waals surface area contributed by atoms with E-state index in [1.165, 1.54) is 42.7 Å². The van der Waals surface area contributed by atoms with Gasteiger partial charge in [0.1, 0.15) is 5.82 Å². The van der Waals surface area contributed by atoms with Crippen molar-refractivity contribution in [2.75, 3.05) is 11.9 Å². The maximum absolute atomic E-state index is 13.3. The number of benzene rings is 1. The van der Waals surface area contributed by atoms with Crippen molar-refractivity contribution in [2.24, 2.45) is 0 Å². The number of nitrogens with zero attached hydrogens (tertiary/aromatic N) is 1. The van der Waals surface area contributed by atoms with Gasteiger partial charge in [-0.05, 0) is 36.8 Å². The molecule has 0 bridgehead atoms. The number of aromatic nitrogens is 2. The molecule has 0 saturated heterocycles. The van der Waals surface area contributed by atoms with Gasteiger partial charge >= 0.3 is 0 Å². The maximum Gasteiger partial charge on any atom is 0.248 e. The molecule has 0 saturated carbocycles. The van der Waals surface area contributed by atoms with E-state index in [0.29, 0.717) is 0 Å². The molecule has 0 aliphatic rings. The molecule has 3 rings (SSSR count). The fourth-order valence-corrected chi connectivity index (χ4v) is 3.74. The van der Waals surface area contributed by atoms with E-state index in [4.69, 9.17) is 4.98 Å². The smallest absolute Gasteiger partial charge is 0.248 e. The van der Waals surface area contributed by atoms with Gasteiger partial charge in [0.2, 0.25) is 5.56 Å². The number of pyridine rings is 1. The number of H-pyrrole nitrogens is 1. The second kappa shape index (κ2) is 8.76. The molecule has 0 unspecified atom stereocenters. The Kier molecular flexibility index (Phi) is 6.17. The number of unbranched alkanes of at least 4 members (excludes halogenated alkanes) is 3. The molecule has 26 heavy (non-hydrogen) atoms. The molecule has 0 amide bonds. The van der Waals surface area contributed by atoms with Gasteiger partial charge in [0.25, 0.3) is 0 Å². The summed E-state index contributed by atoms with van der Waals surface area (Å²) in [6, 6.07) is 9.69. The molecule has 0 aliphatic carbocycles. The predicted molar refractivity (Wildman–Crippen MR) is 106 cm³/mol. The van der Waals surface area contributed by atoms with Gasteiger partial charge in [-0.3, -0.25) is 4.79 Å². The van der Waals surface area contributed by atoms with Crippen LogP contribution in [0.15, 0.2) is 47.4 Å². The van der Waals surface area contributed by atoms with Gasteiger partial charge in [0.05, 0.1) is 10.6 Å². The van der Waals surface area contributed by atoms with Gasteiger partial charge in [-0.25, -0.2) is 9.37 Å². The van der Waals surface area contributed by atoms with Crippen LogP contribution in [-0.2, 0) is 0 Å². The molecule has 1 aromatic carbocycles. The lowest BCUT2D eigenvalue weighted by Gasteiger charge is -2.02. The summed E-state index contributed by atoms with van der Waals surface area (Å²) in [5.41, 5.74) is 2.24. The zero-order chi connectivity index (χ0) is 18.4. The molecule has 0 aliphatic heterocycles. The van der Waals surface area contributed by atoms with E-state index < -0.39 is 0 Å². The molecule has 2 N–H and O–H groups in total.